The van der Waals surface area contributed by atoms with E-state index in [4.69, 9.17) is 5.11 Å². The molecular formula is C8H10OS. The highest BCUT2D eigenvalue weighted by Gasteiger charge is 2.26. The van der Waals surface area contributed by atoms with Crippen molar-refractivity contribution >= 4 is 11.3 Å². The summed E-state index contributed by atoms with van der Waals surface area (Å²) in [7, 11) is 0. The van der Waals surface area contributed by atoms with Gasteiger partial charge in [0.25, 0.3) is 0 Å². The molecule has 2 rings (SSSR count). The molecule has 1 N–H and O–H groups in total. The van der Waals surface area contributed by atoms with Crippen molar-refractivity contribution in [3.8, 4) is 0 Å². The van der Waals surface area contributed by atoms with Gasteiger partial charge in [-0.25, -0.2) is 0 Å². The minimum Gasteiger partial charge on any atom is -0.392 e. The van der Waals surface area contributed by atoms with Gasteiger partial charge >= 0.3 is 0 Å². The molecule has 1 saturated carbocycles. The second-order valence-corrected chi connectivity index (χ2v) is 3.69. The molecule has 0 amide bonds. The van der Waals surface area contributed by atoms with E-state index in [1.807, 2.05) is 6.07 Å². The van der Waals surface area contributed by atoms with Gasteiger partial charge in [0.1, 0.15) is 0 Å². The minimum atomic E-state index is 0.218. The summed E-state index contributed by atoms with van der Waals surface area (Å²) in [6.45, 7) is 0.218. The van der Waals surface area contributed by atoms with E-state index >= 15 is 0 Å². The molecule has 0 aliphatic heterocycles. The van der Waals surface area contributed by atoms with Gasteiger partial charge in [-0.05, 0) is 35.8 Å². The van der Waals surface area contributed by atoms with Crippen LogP contribution in [0.2, 0.25) is 0 Å². The van der Waals surface area contributed by atoms with E-state index in [1.165, 1.54) is 17.7 Å². The summed E-state index contributed by atoms with van der Waals surface area (Å²) in [6.07, 6.45) is 2.65. The van der Waals surface area contributed by atoms with Crippen LogP contribution in [-0.2, 0) is 6.61 Å². The van der Waals surface area contributed by atoms with Crippen molar-refractivity contribution < 1.29 is 5.11 Å². The number of hydrogen-bond acceptors (Lipinski definition) is 2. The molecule has 0 saturated heterocycles. The molecule has 0 radical (unpaired) electrons. The molecule has 1 fully saturated rings. The van der Waals surface area contributed by atoms with Crippen molar-refractivity contribution in [2.24, 2.45) is 0 Å². The van der Waals surface area contributed by atoms with E-state index in [0.29, 0.717) is 0 Å². The van der Waals surface area contributed by atoms with Crippen LogP contribution < -0.4 is 0 Å². The molecule has 0 spiro atoms. The van der Waals surface area contributed by atoms with Crippen molar-refractivity contribution in [1.29, 1.82) is 0 Å². The first-order chi connectivity index (χ1) is 4.92. The number of aliphatic hydroxyl groups is 1. The summed E-state index contributed by atoms with van der Waals surface area (Å²) in [5.74, 6) is 0.794. The monoisotopic (exact) mass is 154 g/mol. The highest BCUT2D eigenvalue weighted by atomic mass is 32.1. The molecular weight excluding hydrogens is 144 g/mol. The van der Waals surface area contributed by atoms with E-state index in [-0.39, 0.29) is 6.61 Å². The number of thiophene rings is 1. The van der Waals surface area contributed by atoms with Crippen LogP contribution in [-0.4, -0.2) is 5.11 Å². The number of rotatable bonds is 2. The normalized spacial score (nSPS) is 17.7. The molecule has 1 aliphatic rings. The van der Waals surface area contributed by atoms with Gasteiger partial charge in [0.2, 0.25) is 0 Å². The van der Waals surface area contributed by atoms with Gasteiger partial charge in [-0.15, -0.1) is 11.3 Å². The van der Waals surface area contributed by atoms with Crippen LogP contribution in [0.5, 0.6) is 0 Å². The number of aliphatic hydroxyl groups excluding tert-OH is 1. The molecule has 1 aromatic heterocycles. The topological polar surface area (TPSA) is 20.2 Å². The lowest BCUT2D eigenvalue weighted by Crippen LogP contribution is -1.83. The van der Waals surface area contributed by atoms with Crippen LogP contribution in [0.25, 0.3) is 0 Å². The minimum absolute atomic E-state index is 0.218. The molecule has 0 bridgehead atoms. The summed E-state index contributed by atoms with van der Waals surface area (Å²) in [5.41, 5.74) is 1.15. The lowest BCUT2D eigenvalue weighted by Gasteiger charge is -1.94. The molecule has 1 aliphatic carbocycles. The lowest BCUT2D eigenvalue weighted by atomic mass is 10.2. The van der Waals surface area contributed by atoms with Crippen LogP contribution in [0.1, 0.15) is 29.2 Å². The van der Waals surface area contributed by atoms with E-state index in [9.17, 15) is 0 Å². The largest absolute Gasteiger partial charge is 0.392 e. The lowest BCUT2D eigenvalue weighted by molar-refractivity contribution is 0.281. The molecule has 1 nitrogen and oxygen atoms in total. The van der Waals surface area contributed by atoms with Crippen LogP contribution in [0.15, 0.2) is 11.4 Å². The zero-order chi connectivity index (χ0) is 6.97. The first-order valence-corrected chi connectivity index (χ1v) is 4.47. The molecule has 0 unspecified atom stereocenters. The van der Waals surface area contributed by atoms with Crippen LogP contribution in [0.4, 0.5) is 0 Å². The van der Waals surface area contributed by atoms with Crippen molar-refractivity contribution in [1.82, 2.24) is 0 Å². The predicted molar refractivity (Wildman–Crippen MR) is 42.2 cm³/mol. The van der Waals surface area contributed by atoms with E-state index in [0.717, 1.165) is 11.5 Å². The predicted octanol–water partition coefficient (Wildman–Crippen LogP) is 2.12. The summed E-state index contributed by atoms with van der Waals surface area (Å²) in [6, 6.07) is 2.03. The summed E-state index contributed by atoms with van der Waals surface area (Å²) < 4.78 is 0. The maximum atomic E-state index is 8.89. The van der Waals surface area contributed by atoms with Crippen molar-refractivity contribution in [2.45, 2.75) is 25.4 Å². The van der Waals surface area contributed by atoms with Crippen LogP contribution in [0.3, 0.4) is 0 Å². The fourth-order valence-corrected chi connectivity index (χ4v) is 2.27. The second-order valence-electron chi connectivity index (χ2n) is 2.74. The summed E-state index contributed by atoms with van der Waals surface area (Å²) in [5, 5.41) is 11.0. The molecule has 1 aromatic rings. The molecule has 0 aromatic carbocycles. The summed E-state index contributed by atoms with van der Waals surface area (Å²) >= 11 is 1.78. The van der Waals surface area contributed by atoms with E-state index in [2.05, 4.69) is 5.38 Å². The SMILES string of the molecule is OCc1ccsc1C1CC1. The molecule has 0 atom stereocenters. The zero-order valence-electron chi connectivity index (χ0n) is 5.71. The number of hydrogen-bond donors (Lipinski definition) is 1. The average Bonchev–Trinajstić information content (AvgIpc) is 2.69. The maximum absolute atomic E-state index is 8.89. The second kappa shape index (κ2) is 2.36. The third kappa shape index (κ3) is 0.976. The summed E-state index contributed by atoms with van der Waals surface area (Å²) in [4.78, 5) is 1.42. The highest BCUT2D eigenvalue weighted by molar-refractivity contribution is 7.10. The van der Waals surface area contributed by atoms with Gasteiger partial charge in [-0.1, -0.05) is 0 Å². The van der Waals surface area contributed by atoms with Gasteiger partial charge in [0.15, 0.2) is 0 Å². The first kappa shape index (κ1) is 6.38. The Balaban J connectivity index is 2.28. The van der Waals surface area contributed by atoms with Gasteiger partial charge in [-0.3, -0.25) is 0 Å². The van der Waals surface area contributed by atoms with Gasteiger partial charge in [0.05, 0.1) is 6.61 Å². The molecule has 1 heterocycles. The third-order valence-corrected chi connectivity index (χ3v) is 3.02. The Bertz CT molecular complexity index is 225. The van der Waals surface area contributed by atoms with Gasteiger partial charge in [-0.2, -0.15) is 0 Å². The van der Waals surface area contributed by atoms with Crippen LogP contribution in [0, 0.1) is 0 Å². The van der Waals surface area contributed by atoms with Crippen molar-refractivity contribution in [3.05, 3.63) is 21.9 Å². The highest BCUT2D eigenvalue weighted by Crippen LogP contribution is 2.44. The quantitative estimate of drug-likeness (QED) is 0.691. The van der Waals surface area contributed by atoms with E-state index < -0.39 is 0 Å². The first-order valence-electron chi connectivity index (χ1n) is 3.59. The fourth-order valence-electron chi connectivity index (χ4n) is 1.18. The van der Waals surface area contributed by atoms with E-state index in [1.54, 1.807) is 11.3 Å². The van der Waals surface area contributed by atoms with Crippen molar-refractivity contribution in [2.75, 3.05) is 0 Å². The Morgan fingerprint density at radius 3 is 3.00 bits per heavy atom. The Hall–Kier alpha value is -0.340. The standard InChI is InChI=1S/C8H10OS/c9-5-7-3-4-10-8(7)6-1-2-6/h3-4,6,9H,1-2,5H2. The molecule has 2 heteroatoms. The van der Waals surface area contributed by atoms with Crippen LogP contribution >= 0.6 is 11.3 Å². The Morgan fingerprint density at radius 2 is 2.40 bits per heavy atom. The Morgan fingerprint density at radius 1 is 1.60 bits per heavy atom. The fraction of sp³-hybridized carbons (Fsp3) is 0.500. The average molecular weight is 154 g/mol. The van der Waals surface area contributed by atoms with Crippen molar-refractivity contribution in [3.63, 3.8) is 0 Å². The smallest absolute Gasteiger partial charge is 0.0692 e. The Labute approximate surface area is 64.3 Å². The van der Waals surface area contributed by atoms with Gasteiger partial charge < -0.3 is 5.11 Å². The van der Waals surface area contributed by atoms with Gasteiger partial charge in [0, 0.05) is 4.88 Å². The maximum Gasteiger partial charge on any atom is 0.0692 e. The molecule has 10 heavy (non-hydrogen) atoms. The third-order valence-electron chi connectivity index (χ3n) is 1.90. The zero-order valence-corrected chi connectivity index (χ0v) is 6.53. The Kier molecular flexibility index (Phi) is 1.51. The molecule has 54 valence electrons.